The zero-order valence-electron chi connectivity index (χ0n) is 12.3. The summed E-state index contributed by atoms with van der Waals surface area (Å²) in [4.78, 5) is 0. The van der Waals surface area contributed by atoms with E-state index in [0.717, 1.165) is 10.9 Å². The molecule has 3 nitrogen and oxygen atoms in total. The van der Waals surface area contributed by atoms with Crippen LogP contribution in [0.5, 0.6) is 0 Å². The quantitative estimate of drug-likeness (QED) is 0.844. The molecular weight excluding hydrogens is 350 g/mol. The van der Waals surface area contributed by atoms with E-state index in [1.807, 2.05) is 13.1 Å². The van der Waals surface area contributed by atoms with E-state index in [1.165, 1.54) is 22.6 Å². The van der Waals surface area contributed by atoms with Crippen LogP contribution >= 0.6 is 15.9 Å². The minimum absolute atomic E-state index is 0.180. The Labute approximate surface area is 134 Å². The summed E-state index contributed by atoms with van der Waals surface area (Å²) in [5, 5.41) is 5.66. The van der Waals surface area contributed by atoms with Crippen molar-refractivity contribution in [2.45, 2.75) is 18.9 Å². The SMILES string of the molecule is CNC(CCCS(C)(=O)=O)c1ccc2cc(Br)ccc2c1. The number of sulfone groups is 1. The molecule has 0 aliphatic carbocycles. The van der Waals surface area contributed by atoms with Crippen molar-refractivity contribution in [3.05, 3.63) is 46.4 Å². The van der Waals surface area contributed by atoms with Gasteiger partial charge >= 0.3 is 0 Å². The third-order valence-electron chi connectivity index (χ3n) is 3.59. The molecule has 21 heavy (non-hydrogen) atoms. The molecule has 0 saturated heterocycles. The Kier molecular flexibility index (Phi) is 5.41. The van der Waals surface area contributed by atoms with Gasteiger partial charge in [0.05, 0.1) is 0 Å². The second kappa shape index (κ2) is 6.90. The Morgan fingerprint density at radius 1 is 1.14 bits per heavy atom. The summed E-state index contributed by atoms with van der Waals surface area (Å²) in [6.45, 7) is 0. The van der Waals surface area contributed by atoms with Gasteiger partial charge in [-0.1, -0.05) is 34.1 Å². The topological polar surface area (TPSA) is 46.2 Å². The van der Waals surface area contributed by atoms with Crippen LogP contribution in [0, 0.1) is 0 Å². The third kappa shape index (κ3) is 4.80. The normalized spacial score (nSPS) is 13.5. The lowest BCUT2D eigenvalue weighted by Crippen LogP contribution is -2.17. The lowest BCUT2D eigenvalue weighted by molar-refractivity contribution is 0.537. The number of hydrogen-bond acceptors (Lipinski definition) is 3. The molecule has 2 aromatic rings. The van der Waals surface area contributed by atoms with E-state index in [1.54, 1.807) is 0 Å². The zero-order valence-corrected chi connectivity index (χ0v) is 14.7. The lowest BCUT2D eigenvalue weighted by Gasteiger charge is -2.17. The molecule has 1 unspecified atom stereocenters. The van der Waals surface area contributed by atoms with Crippen molar-refractivity contribution >= 4 is 36.5 Å². The molecule has 0 aliphatic rings. The fraction of sp³-hybridized carbons (Fsp3) is 0.375. The van der Waals surface area contributed by atoms with Crippen LogP contribution in [0.25, 0.3) is 10.8 Å². The van der Waals surface area contributed by atoms with Crippen LogP contribution in [0.15, 0.2) is 40.9 Å². The van der Waals surface area contributed by atoms with Crippen molar-refractivity contribution in [2.24, 2.45) is 0 Å². The first-order valence-corrected chi connectivity index (χ1v) is 9.78. The van der Waals surface area contributed by atoms with E-state index in [4.69, 9.17) is 0 Å². The van der Waals surface area contributed by atoms with Crippen molar-refractivity contribution in [1.82, 2.24) is 5.32 Å². The number of fused-ring (bicyclic) bond motifs is 1. The number of halogens is 1. The Bertz CT molecular complexity index is 728. The van der Waals surface area contributed by atoms with Gasteiger partial charge in [-0.15, -0.1) is 0 Å². The van der Waals surface area contributed by atoms with E-state index in [-0.39, 0.29) is 11.8 Å². The van der Waals surface area contributed by atoms with Gasteiger partial charge in [-0.25, -0.2) is 8.42 Å². The molecule has 0 aromatic heterocycles. The predicted molar refractivity (Wildman–Crippen MR) is 92.4 cm³/mol. The summed E-state index contributed by atoms with van der Waals surface area (Å²) in [6.07, 6.45) is 2.77. The van der Waals surface area contributed by atoms with Gasteiger partial charge in [-0.2, -0.15) is 0 Å². The van der Waals surface area contributed by atoms with Gasteiger partial charge < -0.3 is 5.32 Å². The van der Waals surface area contributed by atoms with E-state index in [0.29, 0.717) is 6.42 Å². The highest BCUT2D eigenvalue weighted by Crippen LogP contribution is 2.25. The first-order chi connectivity index (χ1) is 9.89. The van der Waals surface area contributed by atoms with Gasteiger partial charge in [0.1, 0.15) is 9.84 Å². The van der Waals surface area contributed by atoms with Crippen LogP contribution in [-0.4, -0.2) is 27.5 Å². The van der Waals surface area contributed by atoms with Crippen LogP contribution in [0.3, 0.4) is 0 Å². The molecule has 2 rings (SSSR count). The van der Waals surface area contributed by atoms with Gasteiger partial charge in [0.2, 0.25) is 0 Å². The number of benzene rings is 2. The molecule has 1 atom stereocenters. The fourth-order valence-corrected chi connectivity index (χ4v) is 3.55. The summed E-state index contributed by atoms with van der Waals surface area (Å²) in [5.74, 6) is 0.242. The molecule has 0 fully saturated rings. The minimum atomic E-state index is -2.88. The van der Waals surface area contributed by atoms with Gasteiger partial charge in [0, 0.05) is 22.5 Å². The third-order valence-corrected chi connectivity index (χ3v) is 5.11. The summed E-state index contributed by atoms with van der Waals surface area (Å²) < 4.78 is 23.5. The second-order valence-corrected chi connectivity index (χ2v) is 8.54. The van der Waals surface area contributed by atoms with Crippen LogP contribution in [0.4, 0.5) is 0 Å². The highest BCUT2D eigenvalue weighted by atomic mass is 79.9. The first-order valence-electron chi connectivity index (χ1n) is 6.93. The standard InChI is InChI=1S/C16H20BrNO2S/c1-18-16(4-3-9-21(2,19)20)14-6-5-13-11-15(17)8-7-12(13)10-14/h5-8,10-11,16,18H,3-4,9H2,1-2H3. The minimum Gasteiger partial charge on any atom is -0.313 e. The van der Waals surface area contributed by atoms with Crippen molar-refractivity contribution < 1.29 is 8.42 Å². The molecular formula is C16H20BrNO2S. The molecule has 0 radical (unpaired) electrons. The molecule has 1 N–H and O–H groups in total. The zero-order chi connectivity index (χ0) is 15.5. The van der Waals surface area contributed by atoms with Crippen LogP contribution in [0.1, 0.15) is 24.4 Å². The summed E-state index contributed by atoms with van der Waals surface area (Å²) in [5.41, 5.74) is 1.20. The molecule has 0 aliphatic heterocycles. The lowest BCUT2D eigenvalue weighted by atomic mass is 9.99. The Balaban J connectivity index is 2.16. The summed E-state index contributed by atoms with van der Waals surface area (Å²) >= 11 is 3.48. The fourth-order valence-electron chi connectivity index (χ4n) is 2.48. The highest BCUT2D eigenvalue weighted by molar-refractivity contribution is 9.10. The summed E-state index contributed by atoms with van der Waals surface area (Å²) in [7, 11) is -0.969. The van der Waals surface area contributed by atoms with E-state index in [2.05, 4.69) is 51.6 Å². The molecule has 0 spiro atoms. The highest BCUT2D eigenvalue weighted by Gasteiger charge is 2.11. The van der Waals surface area contributed by atoms with E-state index < -0.39 is 9.84 Å². The molecule has 5 heteroatoms. The van der Waals surface area contributed by atoms with Crippen LogP contribution in [0.2, 0.25) is 0 Å². The molecule has 0 saturated carbocycles. The second-order valence-electron chi connectivity index (χ2n) is 5.36. The largest absolute Gasteiger partial charge is 0.313 e. The number of nitrogens with one attached hydrogen (secondary N) is 1. The van der Waals surface area contributed by atoms with E-state index >= 15 is 0 Å². The monoisotopic (exact) mass is 369 g/mol. The number of rotatable bonds is 6. The van der Waals surface area contributed by atoms with Gasteiger partial charge in [0.25, 0.3) is 0 Å². The summed E-state index contributed by atoms with van der Waals surface area (Å²) in [6, 6.07) is 12.8. The van der Waals surface area contributed by atoms with Gasteiger partial charge in [-0.3, -0.25) is 0 Å². The van der Waals surface area contributed by atoms with Crippen LogP contribution < -0.4 is 5.32 Å². The Hall–Kier alpha value is -0.910. The maximum absolute atomic E-state index is 11.2. The number of hydrogen-bond donors (Lipinski definition) is 1. The molecule has 0 heterocycles. The maximum atomic E-state index is 11.2. The molecule has 0 bridgehead atoms. The van der Waals surface area contributed by atoms with Crippen molar-refractivity contribution in [1.29, 1.82) is 0 Å². The predicted octanol–water partition coefficient (Wildman–Crippen LogP) is 3.69. The molecule has 2 aromatic carbocycles. The van der Waals surface area contributed by atoms with Gasteiger partial charge in [0.15, 0.2) is 0 Å². The Morgan fingerprint density at radius 3 is 2.48 bits per heavy atom. The maximum Gasteiger partial charge on any atom is 0.147 e. The van der Waals surface area contributed by atoms with Crippen molar-refractivity contribution in [3.63, 3.8) is 0 Å². The average molecular weight is 370 g/mol. The van der Waals surface area contributed by atoms with E-state index in [9.17, 15) is 8.42 Å². The van der Waals surface area contributed by atoms with Crippen molar-refractivity contribution in [3.8, 4) is 0 Å². The van der Waals surface area contributed by atoms with Crippen molar-refractivity contribution in [2.75, 3.05) is 19.1 Å². The molecule has 0 amide bonds. The first kappa shape index (κ1) is 16.5. The Morgan fingerprint density at radius 2 is 1.81 bits per heavy atom. The molecule has 114 valence electrons. The smallest absolute Gasteiger partial charge is 0.147 e. The van der Waals surface area contributed by atoms with Gasteiger partial charge in [-0.05, 0) is 54.4 Å². The average Bonchev–Trinajstić information content (AvgIpc) is 2.42. The van der Waals surface area contributed by atoms with Crippen LogP contribution in [-0.2, 0) is 9.84 Å².